The molecular formula is C26H34N4O2. The normalized spacial score (nSPS) is 12.2. The van der Waals surface area contributed by atoms with Crippen LogP contribution < -0.4 is 10.9 Å². The first-order chi connectivity index (χ1) is 15.4. The average molecular weight is 435 g/mol. The zero-order chi connectivity index (χ0) is 23.3. The molecule has 0 radical (unpaired) electrons. The SMILES string of the molecule is CC(C)/C(=N\NC(=O)CCCCC(=O)N/N=C(/c1ccccc1)C(C)C)c1ccccc1. The summed E-state index contributed by atoms with van der Waals surface area (Å²) in [7, 11) is 0. The molecule has 32 heavy (non-hydrogen) atoms. The van der Waals surface area contributed by atoms with E-state index < -0.39 is 0 Å². The molecule has 2 aromatic carbocycles. The summed E-state index contributed by atoms with van der Waals surface area (Å²) < 4.78 is 0. The number of benzene rings is 2. The first-order valence-corrected chi connectivity index (χ1v) is 11.2. The molecule has 170 valence electrons. The van der Waals surface area contributed by atoms with Crippen LogP contribution in [-0.2, 0) is 9.59 Å². The Labute approximate surface area is 191 Å². The second-order valence-corrected chi connectivity index (χ2v) is 8.31. The topological polar surface area (TPSA) is 82.9 Å². The molecule has 0 fully saturated rings. The number of hydrogen-bond acceptors (Lipinski definition) is 4. The number of nitrogens with zero attached hydrogens (tertiary/aromatic N) is 2. The van der Waals surface area contributed by atoms with Crippen LogP contribution in [0.3, 0.4) is 0 Å². The molecule has 2 amide bonds. The maximum absolute atomic E-state index is 12.2. The largest absolute Gasteiger partial charge is 0.273 e. The van der Waals surface area contributed by atoms with E-state index in [-0.39, 0.29) is 23.7 Å². The number of amides is 2. The van der Waals surface area contributed by atoms with Gasteiger partial charge in [-0.3, -0.25) is 9.59 Å². The lowest BCUT2D eigenvalue weighted by Crippen LogP contribution is -2.23. The number of hydrogen-bond donors (Lipinski definition) is 2. The van der Waals surface area contributed by atoms with Crippen molar-refractivity contribution >= 4 is 23.2 Å². The quantitative estimate of drug-likeness (QED) is 0.300. The van der Waals surface area contributed by atoms with Gasteiger partial charge in [-0.25, -0.2) is 10.9 Å². The fourth-order valence-electron chi connectivity index (χ4n) is 3.20. The Morgan fingerprint density at radius 2 is 1.00 bits per heavy atom. The smallest absolute Gasteiger partial charge is 0.240 e. The first kappa shape index (κ1) is 25.0. The molecule has 0 saturated heterocycles. The van der Waals surface area contributed by atoms with Gasteiger partial charge in [-0.2, -0.15) is 10.2 Å². The molecule has 6 heteroatoms. The van der Waals surface area contributed by atoms with E-state index in [0.29, 0.717) is 25.7 Å². The highest BCUT2D eigenvalue weighted by molar-refractivity contribution is 6.02. The standard InChI is InChI=1S/C26H34N4O2/c1-19(2)25(21-13-7-5-8-14-21)29-27-23(31)17-11-12-18-24(32)28-30-26(20(3)4)22-15-9-6-10-16-22/h5-10,13-16,19-20H,11-12,17-18H2,1-4H3,(H,27,31)(H,28,32)/b29-25+,30-26+. The van der Waals surface area contributed by atoms with Crippen molar-refractivity contribution in [2.24, 2.45) is 22.0 Å². The second-order valence-electron chi connectivity index (χ2n) is 8.31. The van der Waals surface area contributed by atoms with Gasteiger partial charge in [-0.1, -0.05) is 88.4 Å². The fraction of sp³-hybridized carbons (Fsp3) is 0.385. The van der Waals surface area contributed by atoms with Gasteiger partial charge in [-0.15, -0.1) is 0 Å². The van der Waals surface area contributed by atoms with Crippen LogP contribution in [0.5, 0.6) is 0 Å². The Morgan fingerprint density at radius 3 is 1.31 bits per heavy atom. The molecule has 0 aliphatic heterocycles. The molecule has 0 unspecified atom stereocenters. The Hall–Kier alpha value is -3.28. The minimum absolute atomic E-state index is 0.149. The van der Waals surface area contributed by atoms with Crippen LogP contribution in [0.15, 0.2) is 70.9 Å². The lowest BCUT2D eigenvalue weighted by Gasteiger charge is -2.11. The zero-order valence-corrected chi connectivity index (χ0v) is 19.5. The third-order valence-corrected chi connectivity index (χ3v) is 4.89. The minimum atomic E-state index is -0.149. The van der Waals surface area contributed by atoms with Crippen LogP contribution in [0, 0.1) is 11.8 Å². The minimum Gasteiger partial charge on any atom is -0.273 e. The van der Waals surface area contributed by atoms with Gasteiger partial charge in [0, 0.05) is 12.8 Å². The molecule has 2 aromatic rings. The Balaban J connectivity index is 1.76. The second kappa shape index (κ2) is 13.2. The van der Waals surface area contributed by atoms with Crippen LogP contribution in [0.4, 0.5) is 0 Å². The predicted molar refractivity (Wildman–Crippen MR) is 130 cm³/mol. The molecule has 0 heterocycles. The van der Waals surface area contributed by atoms with Crippen molar-refractivity contribution in [2.75, 3.05) is 0 Å². The van der Waals surface area contributed by atoms with E-state index in [4.69, 9.17) is 0 Å². The Bertz CT molecular complexity index is 842. The van der Waals surface area contributed by atoms with Crippen molar-refractivity contribution in [1.29, 1.82) is 0 Å². The third-order valence-electron chi connectivity index (χ3n) is 4.89. The molecule has 0 bridgehead atoms. The van der Waals surface area contributed by atoms with Gasteiger partial charge in [0.2, 0.25) is 11.8 Å². The highest BCUT2D eigenvalue weighted by Gasteiger charge is 2.11. The van der Waals surface area contributed by atoms with Crippen molar-refractivity contribution in [2.45, 2.75) is 53.4 Å². The number of nitrogens with one attached hydrogen (secondary N) is 2. The van der Waals surface area contributed by atoms with E-state index in [2.05, 4.69) is 21.1 Å². The van der Waals surface area contributed by atoms with Gasteiger partial charge in [0.15, 0.2) is 0 Å². The molecule has 0 aliphatic rings. The van der Waals surface area contributed by atoms with Gasteiger partial charge < -0.3 is 0 Å². The first-order valence-electron chi connectivity index (χ1n) is 11.2. The van der Waals surface area contributed by atoms with Gasteiger partial charge in [-0.05, 0) is 35.8 Å². The monoisotopic (exact) mass is 434 g/mol. The van der Waals surface area contributed by atoms with Crippen molar-refractivity contribution in [3.8, 4) is 0 Å². The van der Waals surface area contributed by atoms with E-state index in [1.807, 2.05) is 88.4 Å². The zero-order valence-electron chi connectivity index (χ0n) is 19.5. The summed E-state index contributed by atoms with van der Waals surface area (Å²) >= 11 is 0. The summed E-state index contributed by atoms with van der Waals surface area (Å²) in [6.45, 7) is 8.17. The maximum atomic E-state index is 12.2. The number of carbonyl (C=O) groups excluding carboxylic acids is 2. The van der Waals surface area contributed by atoms with Crippen LogP contribution in [0.25, 0.3) is 0 Å². The molecule has 2 rings (SSSR count). The van der Waals surface area contributed by atoms with Crippen LogP contribution in [-0.4, -0.2) is 23.2 Å². The van der Waals surface area contributed by atoms with Crippen LogP contribution in [0.2, 0.25) is 0 Å². The highest BCUT2D eigenvalue weighted by atomic mass is 16.2. The molecule has 0 atom stereocenters. The van der Waals surface area contributed by atoms with Crippen molar-refractivity contribution < 1.29 is 9.59 Å². The van der Waals surface area contributed by atoms with E-state index in [0.717, 1.165) is 22.6 Å². The Morgan fingerprint density at radius 1 is 0.656 bits per heavy atom. The van der Waals surface area contributed by atoms with Crippen molar-refractivity contribution in [3.05, 3.63) is 71.8 Å². The molecule has 0 aromatic heterocycles. The maximum Gasteiger partial charge on any atom is 0.240 e. The average Bonchev–Trinajstić information content (AvgIpc) is 2.78. The number of unbranched alkanes of at least 4 members (excludes halogenated alkanes) is 1. The van der Waals surface area contributed by atoms with E-state index in [1.54, 1.807) is 0 Å². The summed E-state index contributed by atoms with van der Waals surface area (Å²) in [6.07, 6.45) is 1.86. The lowest BCUT2D eigenvalue weighted by atomic mass is 10.0. The van der Waals surface area contributed by atoms with Gasteiger partial charge in [0.05, 0.1) is 11.4 Å². The van der Waals surface area contributed by atoms with E-state index in [1.165, 1.54) is 0 Å². The van der Waals surface area contributed by atoms with Crippen molar-refractivity contribution in [1.82, 2.24) is 10.9 Å². The van der Waals surface area contributed by atoms with Crippen molar-refractivity contribution in [3.63, 3.8) is 0 Å². The van der Waals surface area contributed by atoms with Gasteiger partial charge >= 0.3 is 0 Å². The van der Waals surface area contributed by atoms with Crippen LogP contribution in [0.1, 0.15) is 64.5 Å². The molecule has 0 saturated carbocycles. The molecule has 2 N–H and O–H groups in total. The Kier molecular flexibility index (Phi) is 10.3. The number of carbonyl (C=O) groups is 2. The van der Waals surface area contributed by atoms with E-state index in [9.17, 15) is 9.59 Å². The number of rotatable bonds is 11. The molecule has 6 nitrogen and oxygen atoms in total. The predicted octanol–water partition coefficient (Wildman–Crippen LogP) is 4.90. The summed E-state index contributed by atoms with van der Waals surface area (Å²) in [5.74, 6) is 0.0782. The summed E-state index contributed by atoms with van der Waals surface area (Å²) in [6, 6.07) is 19.6. The summed E-state index contributed by atoms with van der Waals surface area (Å²) in [4.78, 5) is 24.3. The number of hydrazone groups is 2. The van der Waals surface area contributed by atoms with Gasteiger partial charge in [0.25, 0.3) is 0 Å². The highest BCUT2D eigenvalue weighted by Crippen LogP contribution is 2.10. The molecular weight excluding hydrogens is 400 g/mol. The fourth-order valence-corrected chi connectivity index (χ4v) is 3.20. The van der Waals surface area contributed by atoms with Crippen LogP contribution >= 0.6 is 0 Å². The van der Waals surface area contributed by atoms with E-state index >= 15 is 0 Å². The molecule has 0 spiro atoms. The van der Waals surface area contributed by atoms with Gasteiger partial charge in [0.1, 0.15) is 0 Å². The lowest BCUT2D eigenvalue weighted by molar-refractivity contribution is -0.123. The molecule has 0 aliphatic carbocycles. The summed E-state index contributed by atoms with van der Waals surface area (Å²) in [5, 5.41) is 8.64. The summed E-state index contributed by atoms with van der Waals surface area (Å²) in [5.41, 5.74) is 8.98. The third kappa shape index (κ3) is 8.46.